The van der Waals surface area contributed by atoms with Gasteiger partial charge >= 0.3 is 5.97 Å². The molecule has 0 fully saturated rings. The van der Waals surface area contributed by atoms with Crippen molar-refractivity contribution in [1.29, 1.82) is 0 Å². The monoisotopic (exact) mass is 384 g/mol. The minimum Gasteiger partial charge on any atom is -0.494 e. The summed E-state index contributed by atoms with van der Waals surface area (Å²) in [5, 5.41) is 13.7. The molecular formula is C21H24N2O5. The van der Waals surface area contributed by atoms with E-state index in [9.17, 15) is 14.4 Å². The van der Waals surface area contributed by atoms with E-state index in [0.29, 0.717) is 18.7 Å². The number of hydrogen-bond acceptors (Lipinski definition) is 4. The Morgan fingerprint density at radius 2 is 1.71 bits per heavy atom. The van der Waals surface area contributed by atoms with Crippen LogP contribution in [-0.4, -0.2) is 36.0 Å². The molecule has 0 spiro atoms. The van der Waals surface area contributed by atoms with Gasteiger partial charge < -0.3 is 20.5 Å². The zero-order valence-electron chi connectivity index (χ0n) is 15.7. The van der Waals surface area contributed by atoms with Gasteiger partial charge in [-0.2, -0.15) is 0 Å². The van der Waals surface area contributed by atoms with E-state index in [4.69, 9.17) is 9.84 Å². The number of carboxylic acid groups (broad SMARTS) is 1. The summed E-state index contributed by atoms with van der Waals surface area (Å²) in [7, 11) is 0. The second-order valence-corrected chi connectivity index (χ2v) is 6.38. The maximum atomic E-state index is 12.3. The molecule has 3 N–H and O–H groups in total. The standard InChI is InChI=1S/C21H24N2O5/c1-15(11-12-28-18-5-3-2-4-6-18)21(27)23-17-9-7-16(8-10-17)13-19(24)22-14-20(25)26/h2-10,15H,11-14H2,1H3,(H,22,24)(H,23,27)(H,25,26). The molecule has 1 unspecified atom stereocenters. The van der Waals surface area contributed by atoms with Crippen molar-refractivity contribution >= 4 is 23.5 Å². The van der Waals surface area contributed by atoms with Gasteiger partial charge in [0.1, 0.15) is 12.3 Å². The van der Waals surface area contributed by atoms with E-state index in [2.05, 4.69) is 10.6 Å². The maximum Gasteiger partial charge on any atom is 0.322 e. The summed E-state index contributed by atoms with van der Waals surface area (Å²) >= 11 is 0. The van der Waals surface area contributed by atoms with Gasteiger partial charge in [-0.3, -0.25) is 14.4 Å². The highest BCUT2D eigenvalue weighted by Gasteiger charge is 2.13. The van der Waals surface area contributed by atoms with Crippen molar-refractivity contribution in [1.82, 2.24) is 5.32 Å². The fourth-order valence-electron chi connectivity index (χ4n) is 2.39. The average molecular weight is 384 g/mol. The summed E-state index contributed by atoms with van der Waals surface area (Å²) in [6.45, 7) is 1.88. The first kappa shape index (κ1) is 21.0. The molecule has 0 aliphatic heterocycles. The number of ether oxygens (including phenoxy) is 1. The topological polar surface area (TPSA) is 105 Å². The number of para-hydroxylation sites is 1. The molecular weight excluding hydrogens is 360 g/mol. The Balaban J connectivity index is 1.75. The van der Waals surface area contributed by atoms with Gasteiger partial charge in [-0.25, -0.2) is 0 Å². The third kappa shape index (κ3) is 7.49. The number of carboxylic acids is 1. The lowest BCUT2D eigenvalue weighted by molar-refractivity contribution is -0.137. The molecule has 0 saturated carbocycles. The molecule has 1 atom stereocenters. The number of carbonyl (C=O) groups excluding carboxylic acids is 2. The summed E-state index contributed by atoms with van der Waals surface area (Å²) < 4.78 is 5.61. The van der Waals surface area contributed by atoms with E-state index in [1.807, 2.05) is 37.3 Å². The molecule has 28 heavy (non-hydrogen) atoms. The van der Waals surface area contributed by atoms with Crippen LogP contribution < -0.4 is 15.4 Å². The molecule has 0 saturated heterocycles. The van der Waals surface area contributed by atoms with Crippen molar-refractivity contribution in [2.45, 2.75) is 19.8 Å². The summed E-state index contributed by atoms with van der Waals surface area (Å²) in [5.74, 6) is -1.01. The number of rotatable bonds is 10. The largest absolute Gasteiger partial charge is 0.494 e. The Hall–Kier alpha value is -3.35. The maximum absolute atomic E-state index is 12.3. The van der Waals surface area contributed by atoms with Gasteiger partial charge in [0.2, 0.25) is 11.8 Å². The molecule has 2 amide bonds. The van der Waals surface area contributed by atoms with Crippen molar-refractivity contribution < 1.29 is 24.2 Å². The summed E-state index contributed by atoms with van der Waals surface area (Å²) in [5.41, 5.74) is 1.36. The predicted octanol–water partition coefficient (Wildman–Crippen LogP) is 2.47. The molecule has 0 aliphatic carbocycles. The van der Waals surface area contributed by atoms with E-state index in [-0.39, 0.29) is 24.2 Å². The quantitative estimate of drug-likeness (QED) is 0.584. The first-order valence-electron chi connectivity index (χ1n) is 9.00. The van der Waals surface area contributed by atoms with Crippen LogP contribution >= 0.6 is 0 Å². The Morgan fingerprint density at radius 1 is 1.04 bits per heavy atom. The van der Waals surface area contributed by atoms with E-state index >= 15 is 0 Å². The van der Waals surface area contributed by atoms with E-state index in [1.165, 1.54) is 0 Å². The van der Waals surface area contributed by atoms with Crippen LogP contribution in [0.15, 0.2) is 54.6 Å². The SMILES string of the molecule is CC(CCOc1ccccc1)C(=O)Nc1ccc(CC(=O)NCC(=O)O)cc1. The van der Waals surface area contributed by atoms with Crippen LogP contribution in [0.3, 0.4) is 0 Å². The van der Waals surface area contributed by atoms with Crippen LogP contribution in [0.25, 0.3) is 0 Å². The Kier molecular flexibility index (Phi) is 8.02. The van der Waals surface area contributed by atoms with Gasteiger partial charge in [-0.1, -0.05) is 37.3 Å². The van der Waals surface area contributed by atoms with Crippen molar-refractivity contribution in [3.8, 4) is 5.75 Å². The van der Waals surface area contributed by atoms with Crippen LogP contribution in [-0.2, 0) is 20.8 Å². The number of anilines is 1. The van der Waals surface area contributed by atoms with Crippen molar-refractivity contribution in [2.75, 3.05) is 18.5 Å². The first-order valence-corrected chi connectivity index (χ1v) is 9.00. The van der Waals surface area contributed by atoms with Crippen LogP contribution in [0.2, 0.25) is 0 Å². The summed E-state index contributed by atoms with van der Waals surface area (Å²) in [6.07, 6.45) is 0.664. The molecule has 148 valence electrons. The zero-order chi connectivity index (χ0) is 20.4. The van der Waals surface area contributed by atoms with Crippen LogP contribution in [0, 0.1) is 5.92 Å². The van der Waals surface area contributed by atoms with Gasteiger partial charge in [0.15, 0.2) is 0 Å². The smallest absolute Gasteiger partial charge is 0.322 e. The Bertz CT molecular complexity index is 790. The molecule has 2 aromatic carbocycles. The number of aliphatic carboxylic acids is 1. The number of hydrogen-bond donors (Lipinski definition) is 3. The first-order chi connectivity index (χ1) is 13.4. The number of benzene rings is 2. The lowest BCUT2D eigenvalue weighted by atomic mass is 10.1. The highest BCUT2D eigenvalue weighted by atomic mass is 16.5. The van der Waals surface area contributed by atoms with Crippen LogP contribution in [0.5, 0.6) is 5.75 Å². The van der Waals surface area contributed by atoms with Gasteiger partial charge in [-0.15, -0.1) is 0 Å². The number of amides is 2. The van der Waals surface area contributed by atoms with Crippen molar-refractivity contribution in [3.63, 3.8) is 0 Å². The molecule has 2 rings (SSSR count). The van der Waals surface area contributed by atoms with E-state index in [0.717, 1.165) is 11.3 Å². The highest BCUT2D eigenvalue weighted by molar-refractivity contribution is 5.92. The van der Waals surface area contributed by atoms with Crippen LogP contribution in [0.1, 0.15) is 18.9 Å². The lowest BCUT2D eigenvalue weighted by Gasteiger charge is -2.13. The second kappa shape index (κ2) is 10.7. The molecule has 7 heteroatoms. The molecule has 0 heterocycles. The normalized spacial score (nSPS) is 11.3. The van der Waals surface area contributed by atoms with E-state index < -0.39 is 12.5 Å². The highest BCUT2D eigenvalue weighted by Crippen LogP contribution is 2.14. The molecule has 2 aromatic rings. The Morgan fingerprint density at radius 3 is 2.36 bits per heavy atom. The summed E-state index contributed by atoms with van der Waals surface area (Å²) in [6, 6.07) is 16.3. The fourth-order valence-corrected chi connectivity index (χ4v) is 2.39. The number of carbonyl (C=O) groups is 3. The van der Waals surface area contributed by atoms with Crippen molar-refractivity contribution in [2.24, 2.45) is 5.92 Å². The van der Waals surface area contributed by atoms with Crippen LogP contribution in [0.4, 0.5) is 5.69 Å². The van der Waals surface area contributed by atoms with E-state index in [1.54, 1.807) is 24.3 Å². The second-order valence-electron chi connectivity index (χ2n) is 6.38. The molecule has 7 nitrogen and oxygen atoms in total. The fraction of sp³-hybridized carbons (Fsp3) is 0.286. The minimum atomic E-state index is -1.09. The zero-order valence-corrected chi connectivity index (χ0v) is 15.7. The third-order valence-corrected chi connectivity index (χ3v) is 4.03. The number of nitrogens with one attached hydrogen (secondary N) is 2. The Labute approximate surface area is 163 Å². The molecule has 0 bridgehead atoms. The van der Waals surface area contributed by atoms with Gasteiger partial charge in [-0.05, 0) is 36.2 Å². The van der Waals surface area contributed by atoms with Gasteiger partial charge in [0, 0.05) is 11.6 Å². The van der Waals surface area contributed by atoms with Crippen molar-refractivity contribution in [3.05, 3.63) is 60.2 Å². The molecule has 0 aliphatic rings. The summed E-state index contributed by atoms with van der Waals surface area (Å²) in [4.78, 5) is 34.3. The lowest BCUT2D eigenvalue weighted by Crippen LogP contribution is -2.30. The average Bonchev–Trinajstić information content (AvgIpc) is 2.68. The van der Waals surface area contributed by atoms with Gasteiger partial charge in [0.05, 0.1) is 13.0 Å². The minimum absolute atomic E-state index is 0.0781. The molecule has 0 radical (unpaired) electrons. The third-order valence-electron chi connectivity index (χ3n) is 4.03. The van der Waals surface area contributed by atoms with Gasteiger partial charge in [0.25, 0.3) is 0 Å². The predicted molar refractivity (Wildman–Crippen MR) is 105 cm³/mol. The molecule has 0 aromatic heterocycles.